The first-order valence-electron chi connectivity index (χ1n) is 2.48. The average molecular weight is 160 g/mol. The molecule has 0 amide bonds. The second kappa shape index (κ2) is 4.67. The van der Waals surface area contributed by atoms with Crippen LogP contribution in [0.15, 0.2) is 0 Å². The van der Waals surface area contributed by atoms with Crippen LogP contribution in [0, 0.1) is 0 Å². The van der Waals surface area contributed by atoms with Crippen LogP contribution in [-0.4, -0.2) is 14.2 Å². The summed E-state index contributed by atoms with van der Waals surface area (Å²) in [5, 5.41) is 0. The minimum atomic E-state index is -4.19. The van der Waals surface area contributed by atoms with Gasteiger partial charge < -0.3 is 0 Å². The van der Waals surface area contributed by atoms with Gasteiger partial charge in [-0.25, -0.2) is 0 Å². The van der Waals surface area contributed by atoms with Gasteiger partial charge in [0.15, 0.2) is 0 Å². The number of rotatable bonds is 3. The van der Waals surface area contributed by atoms with Gasteiger partial charge in [-0.05, 0) is 6.42 Å². The number of unbranched alkanes of at least 4 members (excludes halogenated alkanes) is 1. The quantitative estimate of drug-likeness (QED) is 0.582. The fourth-order valence-electron chi connectivity index (χ4n) is 0.317. The predicted molar refractivity (Wildman–Crippen MR) is 32.3 cm³/mol. The number of halogens is 2. The highest BCUT2D eigenvalue weighted by Crippen LogP contribution is 1.95. The first-order chi connectivity index (χ1) is 3.56. The average Bonchev–Trinajstić information content (AvgIpc) is 1.59. The summed E-state index contributed by atoms with van der Waals surface area (Å²) in [5.74, 6) is -0.330. The molecule has 9 heavy (non-hydrogen) atoms. The molecule has 0 radical (unpaired) electrons. The lowest BCUT2D eigenvalue weighted by atomic mass is 10.4. The topological polar surface area (TPSA) is 34.1 Å². The SMILES string of the molecule is CCCCS(=O)(=O)F.F. The van der Waals surface area contributed by atoms with Crippen molar-refractivity contribution in [3.63, 3.8) is 0 Å². The maximum atomic E-state index is 11.5. The van der Waals surface area contributed by atoms with Gasteiger partial charge in [0.05, 0.1) is 5.75 Å². The minimum Gasteiger partial charge on any atom is -0.269 e. The van der Waals surface area contributed by atoms with E-state index in [0.29, 0.717) is 12.8 Å². The predicted octanol–water partition coefficient (Wildman–Crippen LogP) is 1.24. The Labute approximate surface area is 53.6 Å². The van der Waals surface area contributed by atoms with Crippen molar-refractivity contribution in [1.29, 1.82) is 0 Å². The standard InChI is InChI=1S/C4H9FO2S.FH/c1-2-3-4-8(5,6)7;/h2-4H2,1H3;1H. The van der Waals surface area contributed by atoms with Crippen LogP contribution in [0.5, 0.6) is 0 Å². The first-order valence-corrected chi connectivity index (χ1v) is 4.04. The molecule has 0 aliphatic rings. The molecule has 0 atom stereocenters. The van der Waals surface area contributed by atoms with Crippen LogP contribution < -0.4 is 0 Å². The zero-order valence-corrected chi connectivity index (χ0v) is 5.95. The molecule has 0 unspecified atom stereocenters. The lowest BCUT2D eigenvalue weighted by molar-refractivity contribution is 0.548. The van der Waals surface area contributed by atoms with E-state index in [2.05, 4.69) is 0 Å². The van der Waals surface area contributed by atoms with E-state index in [0.717, 1.165) is 0 Å². The largest absolute Gasteiger partial charge is 0.302 e. The van der Waals surface area contributed by atoms with E-state index in [1.165, 1.54) is 0 Å². The summed E-state index contributed by atoms with van der Waals surface area (Å²) >= 11 is 0. The Bertz CT molecular complexity index is 141. The molecule has 0 heterocycles. The van der Waals surface area contributed by atoms with Gasteiger partial charge in [0.25, 0.3) is 0 Å². The molecular formula is C4H10F2O2S. The van der Waals surface area contributed by atoms with E-state index in [9.17, 15) is 12.3 Å². The van der Waals surface area contributed by atoms with Crippen molar-refractivity contribution in [2.75, 3.05) is 5.75 Å². The third-order valence-electron chi connectivity index (χ3n) is 0.742. The molecule has 0 aromatic rings. The van der Waals surface area contributed by atoms with Crippen LogP contribution in [0.3, 0.4) is 0 Å². The Hall–Kier alpha value is -0.190. The van der Waals surface area contributed by atoms with Gasteiger partial charge >= 0.3 is 10.2 Å². The second-order valence-electron chi connectivity index (χ2n) is 1.60. The summed E-state index contributed by atoms with van der Waals surface area (Å²) < 4.78 is 31.0. The molecule has 58 valence electrons. The van der Waals surface area contributed by atoms with Crippen molar-refractivity contribution >= 4 is 10.2 Å². The monoisotopic (exact) mass is 160 g/mol. The molecule has 0 aliphatic heterocycles. The number of hydrogen-bond acceptors (Lipinski definition) is 2. The molecule has 0 N–H and O–H groups in total. The highest BCUT2D eigenvalue weighted by atomic mass is 32.3. The Kier molecular flexibility index (Phi) is 6.01. The highest BCUT2D eigenvalue weighted by molar-refractivity contribution is 7.86. The molecule has 2 nitrogen and oxygen atoms in total. The second-order valence-corrected chi connectivity index (χ2v) is 3.08. The fraction of sp³-hybridized carbons (Fsp3) is 1.00. The Morgan fingerprint density at radius 2 is 1.89 bits per heavy atom. The minimum absolute atomic E-state index is 0. The van der Waals surface area contributed by atoms with Gasteiger partial charge in [-0.3, -0.25) is 4.70 Å². The summed E-state index contributed by atoms with van der Waals surface area (Å²) in [6.07, 6.45) is 1.13. The summed E-state index contributed by atoms with van der Waals surface area (Å²) in [6.45, 7) is 1.81. The van der Waals surface area contributed by atoms with Crippen LogP contribution in [0.1, 0.15) is 19.8 Å². The molecule has 0 aromatic carbocycles. The molecule has 5 heteroatoms. The number of hydrogen-bond donors (Lipinski definition) is 0. The lowest BCUT2D eigenvalue weighted by Gasteiger charge is -1.87. The van der Waals surface area contributed by atoms with Crippen LogP contribution in [-0.2, 0) is 10.2 Å². The lowest BCUT2D eigenvalue weighted by Crippen LogP contribution is -1.96. The highest BCUT2D eigenvalue weighted by Gasteiger charge is 2.03. The maximum Gasteiger partial charge on any atom is 0.302 e. The molecule has 0 saturated carbocycles. The van der Waals surface area contributed by atoms with Crippen molar-refractivity contribution < 1.29 is 17.0 Å². The van der Waals surface area contributed by atoms with E-state index >= 15 is 0 Å². The van der Waals surface area contributed by atoms with Crippen LogP contribution in [0.2, 0.25) is 0 Å². The third kappa shape index (κ3) is 11.4. The summed E-state index contributed by atoms with van der Waals surface area (Å²) in [7, 11) is -4.19. The molecule has 0 aromatic heterocycles. The summed E-state index contributed by atoms with van der Waals surface area (Å²) in [5.41, 5.74) is 0. The smallest absolute Gasteiger partial charge is 0.269 e. The zero-order chi connectivity index (χ0) is 6.62. The zero-order valence-electron chi connectivity index (χ0n) is 5.13. The van der Waals surface area contributed by atoms with E-state index in [1.807, 2.05) is 6.92 Å². The van der Waals surface area contributed by atoms with E-state index < -0.39 is 10.2 Å². The van der Waals surface area contributed by atoms with Crippen molar-refractivity contribution in [1.82, 2.24) is 0 Å². The van der Waals surface area contributed by atoms with Gasteiger partial charge in [-0.15, -0.1) is 3.89 Å². The fourth-order valence-corrected chi connectivity index (χ4v) is 0.950. The first kappa shape index (κ1) is 11.6. The normalized spacial score (nSPS) is 10.4. The maximum absolute atomic E-state index is 11.5. The molecule has 0 aliphatic carbocycles. The van der Waals surface area contributed by atoms with Gasteiger partial charge in [-0.2, -0.15) is 8.42 Å². The Balaban J connectivity index is 0. The van der Waals surface area contributed by atoms with Crippen LogP contribution in [0.25, 0.3) is 0 Å². The van der Waals surface area contributed by atoms with E-state index in [4.69, 9.17) is 0 Å². The molecule has 0 rings (SSSR count). The van der Waals surface area contributed by atoms with E-state index in [-0.39, 0.29) is 10.5 Å². The molecule has 0 fully saturated rings. The summed E-state index contributed by atoms with van der Waals surface area (Å²) in [4.78, 5) is 0. The Morgan fingerprint density at radius 1 is 1.44 bits per heavy atom. The van der Waals surface area contributed by atoms with Gasteiger partial charge in [-0.1, -0.05) is 13.3 Å². The summed E-state index contributed by atoms with van der Waals surface area (Å²) in [6, 6.07) is 0. The van der Waals surface area contributed by atoms with Crippen molar-refractivity contribution in [2.24, 2.45) is 0 Å². The third-order valence-corrected chi connectivity index (χ3v) is 1.52. The van der Waals surface area contributed by atoms with Gasteiger partial charge in [0, 0.05) is 0 Å². The van der Waals surface area contributed by atoms with Crippen molar-refractivity contribution in [2.45, 2.75) is 19.8 Å². The Morgan fingerprint density at radius 3 is 2.00 bits per heavy atom. The van der Waals surface area contributed by atoms with Crippen molar-refractivity contribution in [3.8, 4) is 0 Å². The van der Waals surface area contributed by atoms with E-state index in [1.54, 1.807) is 0 Å². The van der Waals surface area contributed by atoms with Gasteiger partial charge in [0.2, 0.25) is 0 Å². The molecule has 0 bridgehead atoms. The van der Waals surface area contributed by atoms with Crippen LogP contribution >= 0.6 is 0 Å². The molecular weight excluding hydrogens is 150 g/mol. The van der Waals surface area contributed by atoms with Crippen molar-refractivity contribution in [3.05, 3.63) is 0 Å². The molecule has 0 spiro atoms. The van der Waals surface area contributed by atoms with Crippen LogP contribution in [0.4, 0.5) is 8.59 Å². The molecule has 0 saturated heterocycles. The van der Waals surface area contributed by atoms with Gasteiger partial charge in [0.1, 0.15) is 0 Å².